The topological polar surface area (TPSA) is 107 Å². The number of rotatable bonds is 11. The van der Waals surface area contributed by atoms with Gasteiger partial charge in [0, 0.05) is 70.2 Å². The van der Waals surface area contributed by atoms with Crippen molar-refractivity contribution in [1.29, 1.82) is 0 Å². The largest absolute Gasteiger partial charge is 0.461 e. The Morgan fingerprint density at radius 2 is 2.09 bits per heavy atom. The number of pyridine rings is 1. The molecule has 0 radical (unpaired) electrons. The van der Waals surface area contributed by atoms with Gasteiger partial charge in [0.2, 0.25) is 5.91 Å². The van der Waals surface area contributed by atoms with Gasteiger partial charge in [-0.1, -0.05) is 37.5 Å². The highest BCUT2D eigenvalue weighted by molar-refractivity contribution is 5.87. The van der Waals surface area contributed by atoms with Crippen LogP contribution >= 0.6 is 0 Å². The van der Waals surface area contributed by atoms with Crippen molar-refractivity contribution in [3.05, 3.63) is 88.6 Å². The molecule has 10 nitrogen and oxygen atoms in total. The third kappa shape index (κ3) is 7.39. The third-order valence-corrected chi connectivity index (χ3v) is 12.0. The number of carbonyl (C=O) groups is 1. The Hall–Kier alpha value is -4.44. The van der Waals surface area contributed by atoms with Crippen LogP contribution in [0.1, 0.15) is 85.0 Å². The van der Waals surface area contributed by atoms with Gasteiger partial charge in [-0.2, -0.15) is 9.97 Å². The van der Waals surface area contributed by atoms with Gasteiger partial charge < -0.3 is 20.1 Å². The minimum absolute atomic E-state index is 0.123. The Bertz CT molecular complexity index is 1880. The van der Waals surface area contributed by atoms with Crippen LogP contribution < -0.4 is 10.1 Å². The fourth-order valence-corrected chi connectivity index (χ4v) is 9.04. The minimum Gasteiger partial charge on any atom is -0.461 e. The molecule has 4 heterocycles. The Morgan fingerprint density at radius 3 is 2.83 bits per heavy atom. The van der Waals surface area contributed by atoms with E-state index in [0.717, 1.165) is 53.6 Å². The Kier molecular flexibility index (Phi) is 10.5. The van der Waals surface area contributed by atoms with Crippen LogP contribution in [-0.4, -0.2) is 97.3 Å². The van der Waals surface area contributed by atoms with Gasteiger partial charge in [-0.25, -0.2) is 8.78 Å². The Balaban J connectivity index is 1.20. The summed E-state index contributed by atoms with van der Waals surface area (Å²) >= 11 is 0. The lowest BCUT2D eigenvalue weighted by atomic mass is 9.81. The van der Waals surface area contributed by atoms with Gasteiger partial charge in [0.05, 0.1) is 28.4 Å². The fraction of sp³-hybridized carbons (Fsp3) is 0.512. The van der Waals surface area contributed by atoms with E-state index in [1.807, 2.05) is 26.1 Å². The number of aliphatic hydroxyl groups excluding tert-OH is 1. The van der Waals surface area contributed by atoms with Gasteiger partial charge in [0.25, 0.3) is 0 Å². The van der Waals surface area contributed by atoms with Crippen molar-refractivity contribution in [3.63, 3.8) is 0 Å². The van der Waals surface area contributed by atoms with Crippen LogP contribution in [0, 0.1) is 18.2 Å². The highest BCUT2D eigenvalue weighted by Crippen LogP contribution is 2.41. The predicted molar refractivity (Wildman–Crippen MR) is 198 cm³/mol. The van der Waals surface area contributed by atoms with E-state index in [2.05, 4.69) is 32.6 Å². The van der Waals surface area contributed by atoms with Gasteiger partial charge in [-0.15, -0.1) is 6.42 Å². The molecule has 1 saturated heterocycles. The molecule has 0 unspecified atom stereocenters. The molecule has 1 amide bonds. The average Bonchev–Trinajstić information content (AvgIpc) is 3.76. The van der Waals surface area contributed by atoms with Crippen LogP contribution in [0.25, 0.3) is 0 Å². The van der Waals surface area contributed by atoms with Crippen molar-refractivity contribution in [2.75, 3.05) is 38.6 Å². The summed E-state index contributed by atoms with van der Waals surface area (Å²) in [7, 11) is 1.83. The summed E-state index contributed by atoms with van der Waals surface area (Å²) < 4.78 is 36.4. The molecule has 12 heteroatoms. The monoisotopic (exact) mass is 725 g/mol. The molecule has 2 fully saturated rings. The van der Waals surface area contributed by atoms with E-state index in [1.165, 1.54) is 12.1 Å². The molecule has 1 aromatic carbocycles. The summed E-state index contributed by atoms with van der Waals surface area (Å²) in [6.07, 6.45) is 14.6. The Morgan fingerprint density at radius 1 is 1.28 bits per heavy atom. The van der Waals surface area contributed by atoms with Gasteiger partial charge >= 0.3 is 6.01 Å². The fourth-order valence-electron chi connectivity index (χ4n) is 9.04. The van der Waals surface area contributed by atoms with E-state index in [1.54, 1.807) is 23.4 Å². The number of benzene rings is 1. The van der Waals surface area contributed by atoms with E-state index in [4.69, 9.17) is 21.1 Å². The first kappa shape index (κ1) is 36.9. The first-order valence-electron chi connectivity index (χ1n) is 18.7. The minimum atomic E-state index is -1.00. The molecule has 2 aromatic heterocycles. The number of nitrogens with one attached hydrogen (secondary N) is 1. The van der Waals surface area contributed by atoms with E-state index in [-0.39, 0.29) is 36.7 Å². The first-order valence-corrected chi connectivity index (χ1v) is 18.7. The van der Waals surface area contributed by atoms with E-state index in [0.29, 0.717) is 57.7 Å². The second-order valence-electron chi connectivity index (χ2n) is 15.5. The SMILES string of the molecule is C#Cc1c(F)ccc2c1[C@@H](N1CCc3c(nc(OC[C@]4(C)C[C@@H](F)CN4Cc4cccnc4)nc3NCC3(N(C)C(=O)C=C)CCCC3)C1)C[C@H](O)C2. The van der Waals surface area contributed by atoms with Gasteiger partial charge in [-0.3, -0.25) is 19.6 Å². The van der Waals surface area contributed by atoms with E-state index < -0.39 is 29.2 Å². The molecule has 53 heavy (non-hydrogen) atoms. The van der Waals surface area contributed by atoms with Crippen LogP contribution in [0.3, 0.4) is 0 Å². The van der Waals surface area contributed by atoms with Crippen molar-refractivity contribution in [2.24, 2.45) is 0 Å². The predicted octanol–water partition coefficient (Wildman–Crippen LogP) is 5.15. The Labute approximate surface area is 310 Å². The third-order valence-electron chi connectivity index (χ3n) is 12.0. The maximum absolute atomic E-state index is 15.0. The number of fused-ring (bicyclic) bond motifs is 2. The smallest absolute Gasteiger partial charge is 0.318 e. The van der Waals surface area contributed by atoms with Crippen LogP contribution in [-0.2, 0) is 30.7 Å². The number of aliphatic hydroxyl groups is 1. The molecule has 2 aliphatic carbocycles. The molecule has 0 spiro atoms. The number of halogens is 2. The van der Waals surface area contributed by atoms with Crippen molar-refractivity contribution in [1.82, 2.24) is 29.7 Å². The first-order chi connectivity index (χ1) is 25.5. The van der Waals surface area contributed by atoms with E-state index in [9.17, 15) is 9.90 Å². The number of nitrogens with zero attached hydrogens (tertiary/aromatic N) is 6. The number of likely N-dealkylation sites (tertiary alicyclic amines) is 1. The number of amides is 1. The summed E-state index contributed by atoms with van der Waals surface area (Å²) in [4.78, 5) is 33.0. The molecule has 7 rings (SSSR count). The lowest BCUT2D eigenvalue weighted by Crippen LogP contribution is -2.51. The molecule has 3 aromatic rings. The molecule has 2 N–H and O–H groups in total. The number of aromatic nitrogens is 3. The van der Waals surface area contributed by atoms with Gasteiger partial charge in [0.15, 0.2) is 0 Å². The van der Waals surface area contributed by atoms with Gasteiger partial charge in [-0.05, 0) is 73.9 Å². The number of likely N-dealkylation sites (N-methyl/N-ethyl adjacent to an activating group) is 1. The summed E-state index contributed by atoms with van der Waals surface area (Å²) in [6.45, 7) is 8.21. The lowest BCUT2D eigenvalue weighted by molar-refractivity contribution is -0.129. The zero-order valence-electron chi connectivity index (χ0n) is 30.7. The number of anilines is 1. The highest BCUT2D eigenvalue weighted by atomic mass is 19.1. The standard InChI is InChI=1S/C41H49F2N7O3/c1-5-31-33(43)12-11-28-18-30(51)19-35(37(28)31)49-17-13-32-34(24-49)46-39(47-38(32)45-25-41(14-7-8-15-41)48(4)36(52)6-2)53-26-40(3)20-29(42)23-50(40)22-27-10-9-16-44-21-27/h1,6,9-12,16,21,29-30,35,51H,2,7-8,13-15,17-20,22-26H2,3-4H3,(H,45,46,47)/t29-,30-,35+,40+/m1/s1. The molecule has 2 aliphatic heterocycles. The molecule has 280 valence electrons. The molecule has 4 aliphatic rings. The highest BCUT2D eigenvalue weighted by Gasteiger charge is 2.44. The number of terminal acetylenes is 1. The molecule has 0 bridgehead atoms. The van der Waals surface area contributed by atoms with Crippen LogP contribution in [0.4, 0.5) is 14.6 Å². The second kappa shape index (κ2) is 15.1. The van der Waals surface area contributed by atoms with Crippen LogP contribution in [0.15, 0.2) is 49.3 Å². The van der Waals surface area contributed by atoms with Gasteiger partial charge in [0.1, 0.15) is 24.4 Å². The maximum atomic E-state index is 15.0. The second-order valence-corrected chi connectivity index (χ2v) is 15.5. The van der Waals surface area contributed by atoms with E-state index >= 15 is 8.78 Å². The van der Waals surface area contributed by atoms with Crippen molar-refractivity contribution >= 4 is 11.7 Å². The number of alkyl halides is 1. The molecule has 4 atom stereocenters. The molecular weight excluding hydrogens is 676 g/mol. The molecular formula is C41H49F2N7O3. The molecule has 1 saturated carbocycles. The zero-order valence-corrected chi connectivity index (χ0v) is 30.7. The van der Waals surface area contributed by atoms with Crippen LogP contribution in [0.2, 0.25) is 0 Å². The lowest BCUT2D eigenvalue weighted by Gasteiger charge is -2.41. The maximum Gasteiger partial charge on any atom is 0.318 e. The van der Waals surface area contributed by atoms with Crippen molar-refractivity contribution in [2.45, 2.75) is 101 Å². The van der Waals surface area contributed by atoms with Crippen LogP contribution in [0.5, 0.6) is 6.01 Å². The number of hydrogen-bond acceptors (Lipinski definition) is 9. The summed E-state index contributed by atoms with van der Waals surface area (Å²) in [6, 6.07) is 6.84. The quantitative estimate of drug-likeness (QED) is 0.205. The normalized spacial score (nSPS) is 25.2. The summed E-state index contributed by atoms with van der Waals surface area (Å²) in [5.41, 5.74) is 3.53. The summed E-state index contributed by atoms with van der Waals surface area (Å²) in [5, 5.41) is 14.5. The summed E-state index contributed by atoms with van der Waals surface area (Å²) in [5.74, 6) is 2.65. The number of ether oxygens (including phenoxy) is 1. The van der Waals surface area contributed by atoms with Crippen molar-refractivity contribution in [3.8, 4) is 18.4 Å². The number of carbonyl (C=O) groups excluding carboxylic acids is 1. The zero-order chi connectivity index (χ0) is 37.3. The van der Waals surface area contributed by atoms with Crippen molar-refractivity contribution < 1.29 is 23.4 Å². The number of hydrogen-bond donors (Lipinski definition) is 2. The average molecular weight is 726 g/mol.